The zero-order chi connectivity index (χ0) is 25.3. The van der Waals surface area contributed by atoms with E-state index in [1.807, 2.05) is 49.9 Å². The molecule has 0 aliphatic heterocycles. The average molecular weight is 513 g/mol. The molecule has 0 fully saturated rings. The van der Waals surface area contributed by atoms with Gasteiger partial charge in [0.2, 0.25) is 15.3 Å². The third-order valence-electron chi connectivity index (χ3n) is 6.05. The zero-order valence-electron chi connectivity index (χ0n) is 19.8. The Hall–Kier alpha value is -3.16. The summed E-state index contributed by atoms with van der Waals surface area (Å²) in [5.74, 6) is -0.572. The predicted molar refractivity (Wildman–Crippen MR) is 139 cm³/mol. The Morgan fingerprint density at radius 2 is 1.71 bits per heavy atom. The molecule has 0 atom stereocenters. The van der Waals surface area contributed by atoms with Crippen LogP contribution in [0.3, 0.4) is 0 Å². The number of rotatable bonds is 7. The molecule has 0 bridgehead atoms. The molecule has 3 aromatic carbocycles. The molecule has 0 radical (unpaired) electrons. The number of hydrogen-bond acceptors (Lipinski definition) is 4. The molecule has 5 nitrogen and oxygen atoms in total. The molecule has 8 heteroatoms. The molecule has 35 heavy (non-hydrogen) atoms. The molecule has 4 aromatic rings. The first-order chi connectivity index (χ1) is 16.6. The van der Waals surface area contributed by atoms with E-state index in [0.717, 1.165) is 17.2 Å². The van der Waals surface area contributed by atoms with Crippen molar-refractivity contribution in [2.75, 3.05) is 18.0 Å². The fourth-order valence-electron chi connectivity index (χ4n) is 4.27. The Kier molecular flexibility index (Phi) is 7.01. The van der Waals surface area contributed by atoms with Crippen molar-refractivity contribution >= 4 is 38.0 Å². The first-order valence-corrected chi connectivity index (χ1v) is 13.2. The number of anilines is 1. The fourth-order valence-corrected chi connectivity index (χ4v) is 5.94. The Morgan fingerprint density at radius 3 is 2.37 bits per heavy atom. The molecule has 1 heterocycles. The number of aryl methyl sites for hydroxylation is 1. The maximum absolute atomic E-state index is 15.2. The van der Waals surface area contributed by atoms with Crippen LogP contribution in [0.25, 0.3) is 10.9 Å². The minimum Gasteiger partial charge on any atom is -0.370 e. The lowest BCUT2D eigenvalue weighted by atomic mass is 10.1. The SMILES string of the molecule is CCN(CC)c1cc2c(cc1F)c(=O)c(S(=O)(=O)c1cccc(Cl)c1)cn2Cc1cccc(C)c1. The number of fused-ring (bicyclic) bond motifs is 1. The van der Waals surface area contributed by atoms with Gasteiger partial charge >= 0.3 is 0 Å². The molecule has 0 N–H and O–H groups in total. The minimum absolute atomic E-state index is 0.00848. The van der Waals surface area contributed by atoms with Crippen molar-refractivity contribution in [3.63, 3.8) is 0 Å². The second-order valence-electron chi connectivity index (χ2n) is 8.39. The molecule has 0 saturated carbocycles. The van der Waals surface area contributed by atoms with Gasteiger partial charge in [0.25, 0.3) is 0 Å². The van der Waals surface area contributed by atoms with Crippen LogP contribution in [0, 0.1) is 12.7 Å². The van der Waals surface area contributed by atoms with Crippen molar-refractivity contribution in [1.29, 1.82) is 0 Å². The second-order valence-corrected chi connectivity index (χ2v) is 10.7. The highest BCUT2D eigenvalue weighted by Crippen LogP contribution is 2.28. The smallest absolute Gasteiger partial charge is 0.211 e. The molecule has 0 amide bonds. The average Bonchev–Trinajstić information content (AvgIpc) is 2.82. The molecule has 0 unspecified atom stereocenters. The Labute approximate surface area is 209 Å². The summed E-state index contributed by atoms with van der Waals surface area (Å²) in [6, 6.07) is 16.3. The van der Waals surface area contributed by atoms with E-state index in [1.54, 1.807) is 16.7 Å². The lowest BCUT2D eigenvalue weighted by Crippen LogP contribution is -2.24. The van der Waals surface area contributed by atoms with Crippen LogP contribution in [0.4, 0.5) is 10.1 Å². The van der Waals surface area contributed by atoms with Crippen LogP contribution in [0.15, 0.2) is 81.4 Å². The summed E-state index contributed by atoms with van der Waals surface area (Å²) in [5, 5.41) is 0.246. The van der Waals surface area contributed by atoms with Gasteiger partial charge in [-0.2, -0.15) is 0 Å². The summed E-state index contributed by atoms with van der Waals surface area (Å²) in [5.41, 5.74) is 2.06. The van der Waals surface area contributed by atoms with Gasteiger partial charge in [0.15, 0.2) is 0 Å². The summed E-state index contributed by atoms with van der Waals surface area (Å²) in [7, 11) is -4.21. The van der Waals surface area contributed by atoms with Crippen molar-refractivity contribution in [2.45, 2.75) is 37.1 Å². The molecule has 4 rings (SSSR count). The molecule has 1 aromatic heterocycles. The van der Waals surface area contributed by atoms with Gasteiger partial charge in [0, 0.05) is 30.9 Å². The van der Waals surface area contributed by atoms with Crippen molar-refractivity contribution in [3.05, 3.63) is 99.1 Å². The van der Waals surface area contributed by atoms with Crippen LogP contribution in [0.1, 0.15) is 25.0 Å². The van der Waals surface area contributed by atoms with E-state index in [-0.39, 0.29) is 15.3 Å². The van der Waals surface area contributed by atoms with Gasteiger partial charge in [-0.05, 0) is 56.7 Å². The van der Waals surface area contributed by atoms with Crippen molar-refractivity contribution in [3.8, 4) is 0 Å². The van der Waals surface area contributed by atoms with Gasteiger partial charge in [-0.1, -0.05) is 47.5 Å². The molecular formula is C27H26ClFN2O3S. The molecule has 0 saturated heterocycles. The van der Waals surface area contributed by atoms with Crippen LogP contribution in [0.2, 0.25) is 5.02 Å². The van der Waals surface area contributed by atoms with Crippen LogP contribution in [0.5, 0.6) is 0 Å². The second kappa shape index (κ2) is 9.84. The molecule has 0 aliphatic carbocycles. The number of aromatic nitrogens is 1. The monoisotopic (exact) mass is 512 g/mol. The topological polar surface area (TPSA) is 59.4 Å². The number of nitrogens with zero attached hydrogens (tertiary/aromatic N) is 2. The molecular weight excluding hydrogens is 487 g/mol. The molecule has 0 aliphatic rings. The first kappa shape index (κ1) is 24.9. The number of halogens is 2. The van der Waals surface area contributed by atoms with Gasteiger partial charge in [-0.15, -0.1) is 0 Å². The first-order valence-electron chi connectivity index (χ1n) is 11.3. The minimum atomic E-state index is -4.21. The largest absolute Gasteiger partial charge is 0.370 e. The van der Waals surface area contributed by atoms with E-state index >= 15 is 4.39 Å². The maximum atomic E-state index is 15.2. The van der Waals surface area contributed by atoms with Crippen LogP contribution >= 0.6 is 11.6 Å². The van der Waals surface area contributed by atoms with Crippen molar-refractivity contribution in [1.82, 2.24) is 4.57 Å². The Morgan fingerprint density at radius 1 is 1.00 bits per heavy atom. The van der Waals surface area contributed by atoms with Gasteiger partial charge in [0.05, 0.1) is 21.5 Å². The predicted octanol–water partition coefficient (Wildman–Crippen LogP) is 5.83. The lowest BCUT2D eigenvalue weighted by molar-refractivity contribution is 0.593. The van der Waals surface area contributed by atoms with E-state index in [2.05, 4.69) is 0 Å². The normalized spacial score (nSPS) is 11.7. The summed E-state index contributed by atoms with van der Waals surface area (Å²) in [6.07, 6.45) is 1.35. The lowest BCUT2D eigenvalue weighted by Gasteiger charge is -2.23. The van der Waals surface area contributed by atoms with Gasteiger partial charge in [-0.3, -0.25) is 4.79 Å². The highest BCUT2D eigenvalue weighted by atomic mass is 35.5. The molecule has 182 valence electrons. The van der Waals surface area contributed by atoms with Crippen LogP contribution in [-0.4, -0.2) is 26.1 Å². The van der Waals surface area contributed by atoms with E-state index in [9.17, 15) is 13.2 Å². The standard InChI is InChI=1S/C27H26ClFN2O3S/c1-4-30(5-2)25-15-24-22(14-23(25)29)27(32)26(35(33,34)21-11-7-10-20(28)13-21)17-31(24)16-19-9-6-8-18(3)12-19/h6-15,17H,4-5,16H2,1-3H3. The van der Waals surface area contributed by atoms with Crippen LogP contribution in [-0.2, 0) is 16.4 Å². The Bertz CT molecular complexity index is 1580. The highest BCUT2D eigenvalue weighted by Gasteiger charge is 2.25. The zero-order valence-corrected chi connectivity index (χ0v) is 21.3. The third-order valence-corrected chi connectivity index (χ3v) is 8.03. The Balaban J connectivity index is 2.03. The van der Waals surface area contributed by atoms with E-state index in [4.69, 9.17) is 11.6 Å². The number of benzene rings is 3. The summed E-state index contributed by atoms with van der Waals surface area (Å²) >= 11 is 6.02. The summed E-state index contributed by atoms with van der Waals surface area (Å²) in [4.78, 5) is 14.8. The van der Waals surface area contributed by atoms with Crippen LogP contribution < -0.4 is 10.3 Å². The van der Waals surface area contributed by atoms with E-state index in [1.165, 1.54) is 24.4 Å². The highest BCUT2D eigenvalue weighted by molar-refractivity contribution is 7.91. The quantitative estimate of drug-likeness (QED) is 0.312. The van der Waals surface area contributed by atoms with E-state index in [0.29, 0.717) is 30.8 Å². The van der Waals surface area contributed by atoms with Crippen molar-refractivity contribution < 1.29 is 12.8 Å². The maximum Gasteiger partial charge on any atom is 0.211 e. The summed E-state index contributed by atoms with van der Waals surface area (Å²) < 4.78 is 43.9. The third kappa shape index (κ3) is 4.83. The fraction of sp³-hybridized carbons (Fsp3) is 0.222. The van der Waals surface area contributed by atoms with E-state index < -0.39 is 26.0 Å². The van der Waals surface area contributed by atoms with Gasteiger partial charge < -0.3 is 9.47 Å². The molecule has 0 spiro atoms. The van der Waals surface area contributed by atoms with Crippen molar-refractivity contribution in [2.24, 2.45) is 0 Å². The number of hydrogen-bond donors (Lipinski definition) is 0. The van der Waals surface area contributed by atoms with Gasteiger partial charge in [-0.25, -0.2) is 12.8 Å². The number of sulfone groups is 1. The number of pyridine rings is 1. The summed E-state index contributed by atoms with van der Waals surface area (Å²) in [6.45, 7) is 7.29. The van der Waals surface area contributed by atoms with Gasteiger partial charge in [0.1, 0.15) is 10.7 Å².